The zero-order valence-corrected chi connectivity index (χ0v) is 13.9. The highest BCUT2D eigenvalue weighted by atomic mass is 79.9. The van der Waals surface area contributed by atoms with Crippen molar-refractivity contribution < 1.29 is 0 Å². The molecule has 0 bridgehead atoms. The van der Waals surface area contributed by atoms with Crippen molar-refractivity contribution in [3.63, 3.8) is 0 Å². The van der Waals surface area contributed by atoms with E-state index >= 15 is 0 Å². The van der Waals surface area contributed by atoms with Crippen molar-refractivity contribution in [2.45, 2.75) is 51.5 Å². The lowest BCUT2D eigenvalue weighted by molar-refractivity contribution is 0.395. The predicted molar refractivity (Wildman–Crippen MR) is 86.8 cm³/mol. The number of hydrogen-bond acceptors (Lipinski definition) is 1. The highest BCUT2D eigenvalue weighted by molar-refractivity contribution is 9.10. The van der Waals surface area contributed by atoms with Crippen molar-refractivity contribution in [1.29, 1.82) is 0 Å². The lowest BCUT2D eigenvalue weighted by Gasteiger charge is -2.23. The van der Waals surface area contributed by atoms with Crippen LogP contribution >= 0.6 is 27.5 Å². The first-order chi connectivity index (χ1) is 9.20. The molecule has 1 aliphatic rings. The summed E-state index contributed by atoms with van der Waals surface area (Å²) in [6, 6.07) is 6.81. The maximum Gasteiger partial charge on any atom is 0.0551 e. The molecule has 0 saturated heterocycles. The van der Waals surface area contributed by atoms with Gasteiger partial charge in [0.05, 0.1) is 5.02 Å². The smallest absolute Gasteiger partial charge is 0.0551 e. The minimum Gasteiger partial charge on any atom is -0.310 e. The highest BCUT2D eigenvalue weighted by Crippen LogP contribution is 2.34. The summed E-state index contributed by atoms with van der Waals surface area (Å²) in [5, 5.41) is 4.50. The predicted octanol–water partition coefficient (Wildman–Crippen LogP) is 5.72. The van der Waals surface area contributed by atoms with Gasteiger partial charge in [-0.15, -0.1) is 0 Å². The molecule has 0 aromatic heterocycles. The van der Waals surface area contributed by atoms with Crippen LogP contribution in [0.5, 0.6) is 0 Å². The monoisotopic (exact) mass is 343 g/mol. The van der Waals surface area contributed by atoms with Gasteiger partial charge in [0, 0.05) is 10.5 Å². The summed E-state index contributed by atoms with van der Waals surface area (Å²) in [6.07, 6.45) is 8.03. The molecule has 1 aromatic rings. The Balaban J connectivity index is 2.08. The molecule has 2 rings (SSSR count). The van der Waals surface area contributed by atoms with Crippen LogP contribution in [0.4, 0.5) is 0 Å². The van der Waals surface area contributed by atoms with Gasteiger partial charge in [-0.3, -0.25) is 0 Å². The maximum absolute atomic E-state index is 6.23. The van der Waals surface area contributed by atoms with Gasteiger partial charge in [-0.1, -0.05) is 50.3 Å². The van der Waals surface area contributed by atoms with Crippen molar-refractivity contribution in [3.8, 4) is 0 Å². The Bertz CT molecular complexity index is 402. The molecule has 1 atom stereocenters. The topological polar surface area (TPSA) is 12.0 Å². The number of benzene rings is 1. The average molecular weight is 345 g/mol. The van der Waals surface area contributed by atoms with Gasteiger partial charge in [0.25, 0.3) is 0 Å². The van der Waals surface area contributed by atoms with E-state index in [4.69, 9.17) is 11.6 Å². The van der Waals surface area contributed by atoms with Crippen LogP contribution in [0.1, 0.15) is 57.1 Å². The van der Waals surface area contributed by atoms with Crippen molar-refractivity contribution >= 4 is 27.5 Å². The number of nitrogens with one attached hydrogen (secondary N) is 1. The molecule has 0 heterocycles. The standard InChI is InChI=1S/C16H23BrClN/c1-2-9-19-16(10-12-5-3-4-6-12)13-7-8-14(17)15(18)11-13/h7-8,11-12,16,19H,2-6,9-10H2,1H3. The van der Waals surface area contributed by atoms with Gasteiger partial charge >= 0.3 is 0 Å². The summed E-state index contributed by atoms with van der Waals surface area (Å²) >= 11 is 9.70. The number of hydrogen-bond donors (Lipinski definition) is 1. The van der Waals surface area contributed by atoms with Crippen molar-refractivity contribution in [2.24, 2.45) is 5.92 Å². The summed E-state index contributed by atoms with van der Waals surface area (Å²) in [7, 11) is 0. The van der Waals surface area contributed by atoms with E-state index in [1.54, 1.807) is 0 Å². The number of rotatable bonds is 6. The van der Waals surface area contributed by atoms with E-state index < -0.39 is 0 Å². The fourth-order valence-electron chi connectivity index (χ4n) is 2.96. The third kappa shape index (κ3) is 4.47. The molecular formula is C16H23BrClN. The van der Waals surface area contributed by atoms with Crippen molar-refractivity contribution in [1.82, 2.24) is 5.32 Å². The minimum atomic E-state index is 0.452. The van der Waals surface area contributed by atoms with Crippen molar-refractivity contribution in [2.75, 3.05) is 6.54 Å². The largest absolute Gasteiger partial charge is 0.310 e. The normalized spacial score (nSPS) is 17.8. The molecule has 1 nitrogen and oxygen atoms in total. The van der Waals surface area contributed by atoms with E-state index in [2.05, 4.69) is 46.4 Å². The van der Waals surface area contributed by atoms with Gasteiger partial charge < -0.3 is 5.32 Å². The molecule has 1 aromatic carbocycles. The quantitative estimate of drug-likeness (QED) is 0.695. The molecule has 19 heavy (non-hydrogen) atoms. The molecule has 0 aliphatic heterocycles. The zero-order valence-electron chi connectivity index (χ0n) is 11.6. The lowest BCUT2D eigenvalue weighted by Crippen LogP contribution is -2.24. The van der Waals surface area contributed by atoms with Gasteiger partial charge in [-0.2, -0.15) is 0 Å². The Morgan fingerprint density at radius 2 is 2.11 bits per heavy atom. The fourth-order valence-corrected chi connectivity index (χ4v) is 3.40. The Kier molecular flexibility index (Phi) is 6.18. The zero-order chi connectivity index (χ0) is 13.7. The Morgan fingerprint density at radius 3 is 2.74 bits per heavy atom. The Labute approximate surface area is 130 Å². The van der Waals surface area contributed by atoms with Crippen LogP contribution in [-0.4, -0.2) is 6.54 Å². The Morgan fingerprint density at radius 1 is 1.37 bits per heavy atom. The summed E-state index contributed by atoms with van der Waals surface area (Å²) in [5.74, 6) is 0.886. The minimum absolute atomic E-state index is 0.452. The van der Waals surface area contributed by atoms with Gasteiger partial charge in [-0.05, 0) is 58.9 Å². The molecule has 3 heteroatoms. The molecule has 0 radical (unpaired) electrons. The molecule has 1 unspecified atom stereocenters. The molecule has 1 fully saturated rings. The second-order valence-electron chi connectivity index (χ2n) is 5.57. The Hall–Kier alpha value is -0.0500. The molecule has 1 N–H and O–H groups in total. The van der Waals surface area contributed by atoms with E-state index in [1.165, 1.54) is 44.1 Å². The first kappa shape index (κ1) is 15.3. The summed E-state index contributed by atoms with van der Waals surface area (Å²) < 4.78 is 0.980. The van der Waals surface area contributed by atoms with Crippen molar-refractivity contribution in [3.05, 3.63) is 33.3 Å². The van der Waals surface area contributed by atoms with Gasteiger partial charge in [0.1, 0.15) is 0 Å². The summed E-state index contributed by atoms with van der Waals surface area (Å²) in [4.78, 5) is 0. The van der Waals surface area contributed by atoms with E-state index in [9.17, 15) is 0 Å². The second-order valence-corrected chi connectivity index (χ2v) is 6.83. The van der Waals surface area contributed by atoms with Crippen LogP contribution in [0.2, 0.25) is 5.02 Å². The van der Waals surface area contributed by atoms with Crippen LogP contribution in [0.25, 0.3) is 0 Å². The van der Waals surface area contributed by atoms with Gasteiger partial charge in [-0.25, -0.2) is 0 Å². The average Bonchev–Trinajstić information content (AvgIpc) is 2.91. The van der Waals surface area contributed by atoms with Crippen LogP contribution in [0.3, 0.4) is 0 Å². The molecular weight excluding hydrogens is 322 g/mol. The molecule has 1 aliphatic carbocycles. The molecule has 0 spiro atoms. The number of halogens is 2. The molecule has 1 saturated carbocycles. The van der Waals surface area contributed by atoms with E-state index in [0.717, 1.165) is 22.0 Å². The summed E-state index contributed by atoms with van der Waals surface area (Å²) in [6.45, 7) is 3.29. The maximum atomic E-state index is 6.23. The van der Waals surface area contributed by atoms with E-state index in [1.807, 2.05) is 0 Å². The second kappa shape index (κ2) is 7.66. The third-order valence-electron chi connectivity index (χ3n) is 4.03. The SMILES string of the molecule is CCCNC(CC1CCCC1)c1ccc(Br)c(Cl)c1. The van der Waals surface area contributed by atoms with Crippen LogP contribution < -0.4 is 5.32 Å². The molecule has 106 valence electrons. The third-order valence-corrected chi connectivity index (χ3v) is 5.26. The van der Waals surface area contributed by atoms with Crippen LogP contribution in [0.15, 0.2) is 22.7 Å². The van der Waals surface area contributed by atoms with Crippen LogP contribution in [-0.2, 0) is 0 Å². The summed E-state index contributed by atoms with van der Waals surface area (Å²) in [5.41, 5.74) is 1.33. The highest BCUT2D eigenvalue weighted by Gasteiger charge is 2.21. The molecule has 0 amide bonds. The van der Waals surface area contributed by atoms with E-state index in [-0.39, 0.29) is 0 Å². The lowest BCUT2D eigenvalue weighted by atomic mass is 9.93. The first-order valence-electron chi connectivity index (χ1n) is 7.39. The first-order valence-corrected chi connectivity index (χ1v) is 8.56. The fraction of sp³-hybridized carbons (Fsp3) is 0.625. The van der Waals surface area contributed by atoms with E-state index in [0.29, 0.717) is 6.04 Å². The van der Waals surface area contributed by atoms with Gasteiger partial charge in [0.2, 0.25) is 0 Å². The van der Waals surface area contributed by atoms with Crippen LogP contribution in [0, 0.1) is 5.92 Å². The van der Waals surface area contributed by atoms with Gasteiger partial charge in [0.15, 0.2) is 0 Å².